The lowest BCUT2D eigenvalue weighted by atomic mass is 9.90. The van der Waals surface area contributed by atoms with E-state index in [9.17, 15) is 9.59 Å². The lowest BCUT2D eigenvalue weighted by Gasteiger charge is -2.36. The highest BCUT2D eigenvalue weighted by Gasteiger charge is 2.34. The smallest absolute Gasteiger partial charge is 0.216 e. The Balaban J connectivity index is 1.08. The van der Waals surface area contributed by atoms with Crippen LogP contribution in [0, 0.1) is 0 Å². The molecule has 0 unspecified atom stereocenters. The highest BCUT2D eigenvalue weighted by molar-refractivity contribution is 6.26. The summed E-state index contributed by atoms with van der Waals surface area (Å²) in [6.45, 7) is 5.22. The standard InChI is InChI=1S/C25H23N5O3/c31-23-18-6-1-2-7-19(18)24(32)22-21(23)26-27-30(22)11-4-10-28-12-14-29(15-13-28)20-8-3-5-17-9-16-33-25(17)20/h1-3,5-9,16H,4,10-15H2. The van der Waals surface area contributed by atoms with Crippen molar-refractivity contribution in [2.75, 3.05) is 37.6 Å². The van der Waals surface area contributed by atoms with E-state index in [0.717, 1.165) is 55.8 Å². The molecule has 1 aliphatic heterocycles. The number of rotatable bonds is 5. The van der Waals surface area contributed by atoms with Crippen molar-refractivity contribution in [3.05, 3.63) is 77.3 Å². The summed E-state index contributed by atoms with van der Waals surface area (Å²) in [5.74, 6) is -0.403. The molecule has 4 aromatic rings. The minimum absolute atomic E-state index is 0.166. The van der Waals surface area contributed by atoms with Gasteiger partial charge in [-0.05, 0) is 18.6 Å². The molecule has 0 spiro atoms. The van der Waals surface area contributed by atoms with Crippen LogP contribution < -0.4 is 4.90 Å². The Morgan fingerprint density at radius 1 is 0.848 bits per heavy atom. The number of hydrogen-bond acceptors (Lipinski definition) is 7. The van der Waals surface area contributed by atoms with Gasteiger partial charge in [-0.3, -0.25) is 14.5 Å². The molecule has 1 saturated heterocycles. The maximum Gasteiger partial charge on any atom is 0.216 e. The number of anilines is 1. The lowest BCUT2D eigenvalue weighted by Crippen LogP contribution is -2.46. The molecular weight excluding hydrogens is 418 g/mol. The van der Waals surface area contributed by atoms with Crippen LogP contribution in [0.1, 0.15) is 38.5 Å². The second-order valence-corrected chi connectivity index (χ2v) is 8.51. The van der Waals surface area contributed by atoms with E-state index in [4.69, 9.17) is 4.42 Å². The topological polar surface area (TPSA) is 84.5 Å². The number of carbonyl (C=O) groups is 2. The van der Waals surface area contributed by atoms with Gasteiger partial charge >= 0.3 is 0 Å². The van der Waals surface area contributed by atoms with E-state index < -0.39 is 0 Å². The number of aromatic nitrogens is 3. The Kier molecular flexibility index (Phi) is 4.80. The fourth-order valence-electron chi connectivity index (χ4n) is 4.86. The molecule has 0 atom stereocenters. The van der Waals surface area contributed by atoms with Gasteiger partial charge in [0.05, 0.1) is 12.0 Å². The Bertz CT molecular complexity index is 1360. The van der Waals surface area contributed by atoms with Crippen LogP contribution in [0.3, 0.4) is 0 Å². The number of carbonyl (C=O) groups excluding carboxylic acids is 2. The molecular formula is C25H23N5O3. The molecule has 0 N–H and O–H groups in total. The van der Waals surface area contributed by atoms with E-state index in [1.807, 2.05) is 6.07 Å². The predicted molar refractivity (Wildman–Crippen MR) is 123 cm³/mol. The van der Waals surface area contributed by atoms with Crippen molar-refractivity contribution in [2.45, 2.75) is 13.0 Å². The molecule has 33 heavy (non-hydrogen) atoms. The normalized spacial score (nSPS) is 16.3. The number of aryl methyl sites for hydroxylation is 1. The molecule has 166 valence electrons. The van der Waals surface area contributed by atoms with Gasteiger partial charge in [0.2, 0.25) is 11.6 Å². The van der Waals surface area contributed by atoms with Gasteiger partial charge in [-0.1, -0.05) is 41.6 Å². The first-order chi connectivity index (χ1) is 16.2. The van der Waals surface area contributed by atoms with E-state index in [2.05, 4.69) is 38.3 Å². The third-order valence-electron chi connectivity index (χ3n) is 6.60. The summed E-state index contributed by atoms with van der Waals surface area (Å²) < 4.78 is 7.29. The maximum atomic E-state index is 13.0. The maximum absolute atomic E-state index is 13.0. The second kappa shape index (κ2) is 7.97. The zero-order valence-electron chi connectivity index (χ0n) is 18.1. The Labute approximate surface area is 190 Å². The summed E-state index contributed by atoms with van der Waals surface area (Å²) >= 11 is 0. The summed E-state index contributed by atoms with van der Waals surface area (Å²) in [5.41, 5.74) is 3.42. The fourth-order valence-corrected chi connectivity index (χ4v) is 4.86. The molecule has 0 saturated carbocycles. The van der Waals surface area contributed by atoms with Crippen LogP contribution in [0.25, 0.3) is 11.0 Å². The molecule has 6 rings (SSSR count). The highest BCUT2D eigenvalue weighted by Crippen LogP contribution is 2.29. The monoisotopic (exact) mass is 441 g/mol. The zero-order chi connectivity index (χ0) is 22.4. The number of furan rings is 1. The molecule has 0 radical (unpaired) electrons. The first kappa shape index (κ1) is 19.9. The van der Waals surface area contributed by atoms with Crippen molar-refractivity contribution in [3.63, 3.8) is 0 Å². The minimum Gasteiger partial charge on any atom is -0.462 e. The number of hydrogen-bond donors (Lipinski definition) is 0. The quantitative estimate of drug-likeness (QED) is 0.415. The average Bonchev–Trinajstić information content (AvgIpc) is 3.51. The molecule has 8 nitrogen and oxygen atoms in total. The van der Waals surface area contributed by atoms with Crippen LogP contribution in [-0.4, -0.2) is 64.2 Å². The van der Waals surface area contributed by atoms with Gasteiger partial charge in [-0.15, -0.1) is 5.10 Å². The molecule has 0 amide bonds. The van der Waals surface area contributed by atoms with E-state index in [1.54, 1.807) is 35.2 Å². The van der Waals surface area contributed by atoms with Crippen LogP contribution in [-0.2, 0) is 6.54 Å². The fraction of sp³-hybridized carbons (Fsp3) is 0.280. The van der Waals surface area contributed by atoms with Crippen molar-refractivity contribution in [2.24, 2.45) is 0 Å². The number of piperazine rings is 1. The first-order valence-corrected chi connectivity index (χ1v) is 11.3. The minimum atomic E-state index is -0.228. The van der Waals surface area contributed by atoms with Crippen molar-refractivity contribution in [1.29, 1.82) is 0 Å². The van der Waals surface area contributed by atoms with Crippen LogP contribution in [0.2, 0.25) is 0 Å². The Hall–Kier alpha value is -3.78. The van der Waals surface area contributed by atoms with Gasteiger partial charge in [0.1, 0.15) is 5.69 Å². The van der Waals surface area contributed by atoms with E-state index in [-0.39, 0.29) is 17.3 Å². The highest BCUT2D eigenvalue weighted by atomic mass is 16.3. The van der Waals surface area contributed by atoms with Crippen LogP contribution in [0.5, 0.6) is 0 Å². The van der Waals surface area contributed by atoms with Crippen molar-refractivity contribution >= 4 is 28.2 Å². The van der Waals surface area contributed by atoms with Gasteiger partial charge in [-0.2, -0.15) is 0 Å². The number of benzene rings is 2. The number of fused-ring (bicyclic) bond motifs is 3. The Morgan fingerprint density at radius 2 is 1.64 bits per heavy atom. The van der Waals surface area contributed by atoms with Gasteiger partial charge in [0.15, 0.2) is 11.3 Å². The van der Waals surface area contributed by atoms with Crippen LogP contribution in [0.4, 0.5) is 5.69 Å². The molecule has 8 heteroatoms. The average molecular weight is 441 g/mol. The van der Waals surface area contributed by atoms with Crippen molar-refractivity contribution in [3.8, 4) is 0 Å². The summed E-state index contributed by atoms with van der Waals surface area (Å²) in [7, 11) is 0. The molecule has 2 aromatic heterocycles. The molecule has 1 fully saturated rings. The van der Waals surface area contributed by atoms with Crippen LogP contribution in [0.15, 0.2) is 59.2 Å². The van der Waals surface area contributed by atoms with Gasteiger partial charge in [0, 0.05) is 55.8 Å². The van der Waals surface area contributed by atoms with Crippen molar-refractivity contribution in [1.82, 2.24) is 19.9 Å². The number of ketones is 2. The third-order valence-corrected chi connectivity index (χ3v) is 6.60. The zero-order valence-corrected chi connectivity index (χ0v) is 18.1. The largest absolute Gasteiger partial charge is 0.462 e. The van der Waals surface area contributed by atoms with Gasteiger partial charge < -0.3 is 9.32 Å². The second-order valence-electron chi connectivity index (χ2n) is 8.51. The van der Waals surface area contributed by atoms with E-state index in [0.29, 0.717) is 23.4 Å². The molecule has 3 heterocycles. The molecule has 2 aliphatic rings. The Morgan fingerprint density at radius 3 is 2.45 bits per heavy atom. The SMILES string of the molecule is O=C1c2ccccc2C(=O)c2c1nnn2CCCN1CCN(c2cccc3ccoc23)CC1. The lowest BCUT2D eigenvalue weighted by molar-refractivity contribution is 0.0970. The van der Waals surface area contributed by atoms with Gasteiger partial charge in [-0.25, -0.2) is 4.68 Å². The van der Waals surface area contributed by atoms with E-state index in [1.165, 1.54) is 0 Å². The summed E-state index contributed by atoms with van der Waals surface area (Å²) in [4.78, 5) is 30.5. The number of nitrogens with zero attached hydrogens (tertiary/aromatic N) is 5. The molecule has 2 aromatic carbocycles. The van der Waals surface area contributed by atoms with Crippen molar-refractivity contribution < 1.29 is 14.0 Å². The predicted octanol–water partition coefficient (Wildman–Crippen LogP) is 3.01. The summed E-state index contributed by atoms with van der Waals surface area (Å²) in [6.07, 6.45) is 2.57. The summed E-state index contributed by atoms with van der Waals surface area (Å²) in [5, 5.41) is 9.28. The third kappa shape index (κ3) is 3.34. The van der Waals surface area contributed by atoms with Gasteiger partial charge in [0.25, 0.3) is 0 Å². The molecule has 1 aliphatic carbocycles. The number of para-hydroxylation sites is 1. The van der Waals surface area contributed by atoms with E-state index >= 15 is 0 Å². The van der Waals surface area contributed by atoms with Crippen LogP contribution >= 0.6 is 0 Å². The summed E-state index contributed by atoms with van der Waals surface area (Å²) in [6, 6.07) is 15.1. The first-order valence-electron chi connectivity index (χ1n) is 11.3. The molecule has 0 bridgehead atoms.